The van der Waals surface area contributed by atoms with E-state index in [-0.39, 0.29) is 5.82 Å². The molecule has 1 aromatic carbocycles. The molecule has 3 aromatic rings. The zero-order valence-electron chi connectivity index (χ0n) is 12.4. The molecular formula is C16H16FN5. The summed E-state index contributed by atoms with van der Waals surface area (Å²) in [5, 5.41) is 11.3. The molecule has 6 heteroatoms. The average molecular weight is 297 g/mol. The van der Waals surface area contributed by atoms with Gasteiger partial charge in [0.25, 0.3) is 0 Å². The number of anilines is 1. The lowest BCUT2D eigenvalue weighted by molar-refractivity contribution is 0.616. The monoisotopic (exact) mass is 297 g/mol. The Morgan fingerprint density at radius 3 is 2.73 bits per heavy atom. The van der Waals surface area contributed by atoms with E-state index in [0.29, 0.717) is 18.1 Å². The molecule has 0 spiro atoms. The van der Waals surface area contributed by atoms with Gasteiger partial charge in [0.2, 0.25) is 0 Å². The van der Waals surface area contributed by atoms with E-state index in [0.717, 1.165) is 16.8 Å². The van der Waals surface area contributed by atoms with Gasteiger partial charge in [-0.05, 0) is 43.2 Å². The Labute approximate surface area is 127 Å². The first-order chi connectivity index (χ1) is 10.6. The summed E-state index contributed by atoms with van der Waals surface area (Å²) in [4.78, 5) is 3.92. The molecule has 0 aliphatic carbocycles. The largest absolute Gasteiger partial charge is 0.364 e. The lowest BCUT2D eigenvalue weighted by Gasteiger charge is -2.09. The van der Waals surface area contributed by atoms with Gasteiger partial charge in [0.15, 0.2) is 0 Å². The van der Waals surface area contributed by atoms with E-state index in [1.807, 2.05) is 26.0 Å². The fourth-order valence-corrected chi connectivity index (χ4v) is 2.10. The number of benzene rings is 1. The quantitative estimate of drug-likeness (QED) is 0.804. The van der Waals surface area contributed by atoms with Gasteiger partial charge in [0.05, 0.1) is 17.7 Å². The molecular weight excluding hydrogens is 281 g/mol. The molecule has 0 bridgehead atoms. The number of nitrogens with zero attached hydrogens (tertiary/aromatic N) is 4. The highest BCUT2D eigenvalue weighted by Crippen LogP contribution is 2.16. The Bertz CT molecular complexity index is 783. The van der Waals surface area contributed by atoms with Crippen molar-refractivity contribution < 1.29 is 4.39 Å². The second-order valence-corrected chi connectivity index (χ2v) is 5.11. The van der Waals surface area contributed by atoms with Gasteiger partial charge < -0.3 is 9.88 Å². The van der Waals surface area contributed by atoms with Crippen molar-refractivity contribution in [2.45, 2.75) is 20.4 Å². The van der Waals surface area contributed by atoms with Crippen molar-refractivity contribution in [1.29, 1.82) is 0 Å². The molecule has 0 unspecified atom stereocenters. The minimum Gasteiger partial charge on any atom is -0.364 e. The highest BCUT2D eigenvalue weighted by atomic mass is 19.1. The second-order valence-electron chi connectivity index (χ2n) is 5.11. The number of halogens is 1. The van der Waals surface area contributed by atoms with E-state index in [9.17, 15) is 4.39 Å². The first-order valence-corrected chi connectivity index (χ1v) is 6.95. The highest BCUT2D eigenvalue weighted by molar-refractivity contribution is 5.40. The molecule has 0 saturated heterocycles. The Kier molecular flexibility index (Phi) is 3.82. The fourth-order valence-electron chi connectivity index (χ4n) is 2.10. The first-order valence-electron chi connectivity index (χ1n) is 6.95. The van der Waals surface area contributed by atoms with E-state index in [2.05, 4.69) is 20.5 Å². The van der Waals surface area contributed by atoms with Crippen LogP contribution in [-0.4, -0.2) is 19.7 Å². The van der Waals surface area contributed by atoms with Crippen LogP contribution in [0.5, 0.6) is 0 Å². The fraction of sp³-hybridized carbons (Fsp3) is 0.188. The maximum absolute atomic E-state index is 14.2. The minimum atomic E-state index is -0.288. The summed E-state index contributed by atoms with van der Waals surface area (Å²) in [6.07, 6.45) is 4.90. The molecule has 2 heterocycles. The molecule has 0 atom stereocenters. The SMILES string of the molecule is Cc1cc(NCc2ccc(-n3ccnc3)c(F)c2)nnc1C. The number of nitrogens with one attached hydrogen (secondary N) is 1. The second kappa shape index (κ2) is 5.93. The van der Waals surface area contributed by atoms with E-state index >= 15 is 0 Å². The summed E-state index contributed by atoms with van der Waals surface area (Å²) in [5.74, 6) is 0.394. The summed E-state index contributed by atoms with van der Waals surface area (Å²) in [7, 11) is 0. The van der Waals surface area contributed by atoms with E-state index in [4.69, 9.17) is 0 Å². The molecule has 0 fully saturated rings. The van der Waals surface area contributed by atoms with Gasteiger partial charge in [-0.3, -0.25) is 0 Å². The lowest BCUT2D eigenvalue weighted by atomic mass is 10.2. The van der Waals surface area contributed by atoms with Crippen LogP contribution in [-0.2, 0) is 6.54 Å². The van der Waals surface area contributed by atoms with Crippen molar-refractivity contribution in [3.63, 3.8) is 0 Å². The third-order valence-corrected chi connectivity index (χ3v) is 3.50. The van der Waals surface area contributed by atoms with Gasteiger partial charge in [-0.25, -0.2) is 9.37 Å². The van der Waals surface area contributed by atoms with Crippen molar-refractivity contribution in [2.75, 3.05) is 5.32 Å². The van der Waals surface area contributed by atoms with Gasteiger partial charge in [-0.1, -0.05) is 6.07 Å². The molecule has 2 aromatic heterocycles. The van der Waals surface area contributed by atoms with Crippen LogP contribution in [0.15, 0.2) is 43.0 Å². The van der Waals surface area contributed by atoms with Crippen molar-refractivity contribution in [3.8, 4) is 5.69 Å². The summed E-state index contributed by atoms with van der Waals surface area (Å²) < 4.78 is 15.8. The third-order valence-electron chi connectivity index (χ3n) is 3.50. The minimum absolute atomic E-state index is 0.288. The van der Waals surface area contributed by atoms with Crippen LogP contribution in [0.25, 0.3) is 5.69 Å². The molecule has 22 heavy (non-hydrogen) atoms. The van der Waals surface area contributed by atoms with Gasteiger partial charge >= 0.3 is 0 Å². The van der Waals surface area contributed by atoms with E-state index in [1.54, 1.807) is 29.4 Å². The number of aromatic nitrogens is 4. The van der Waals surface area contributed by atoms with Crippen LogP contribution in [0.3, 0.4) is 0 Å². The Hall–Kier alpha value is -2.76. The first kappa shape index (κ1) is 14.2. The smallest absolute Gasteiger partial charge is 0.149 e. The molecule has 0 aliphatic heterocycles. The molecule has 1 N–H and O–H groups in total. The summed E-state index contributed by atoms with van der Waals surface area (Å²) in [5.41, 5.74) is 3.29. The van der Waals surface area contributed by atoms with Crippen LogP contribution < -0.4 is 5.32 Å². The Morgan fingerprint density at radius 2 is 2.05 bits per heavy atom. The number of imidazole rings is 1. The lowest BCUT2D eigenvalue weighted by Crippen LogP contribution is -2.05. The molecule has 112 valence electrons. The summed E-state index contributed by atoms with van der Waals surface area (Å²) >= 11 is 0. The molecule has 0 radical (unpaired) electrons. The van der Waals surface area contributed by atoms with Gasteiger partial charge in [0.1, 0.15) is 11.6 Å². The molecule has 0 saturated carbocycles. The average Bonchev–Trinajstić information content (AvgIpc) is 3.02. The van der Waals surface area contributed by atoms with Crippen LogP contribution in [0.2, 0.25) is 0 Å². The van der Waals surface area contributed by atoms with Crippen LogP contribution in [0.4, 0.5) is 10.2 Å². The van der Waals surface area contributed by atoms with Crippen LogP contribution in [0.1, 0.15) is 16.8 Å². The van der Waals surface area contributed by atoms with E-state index in [1.165, 1.54) is 6.07 Å². The predicted octanol–water partition coefficient (Wildman–Crippen LogP) is 3.03. The number of rotatable bonds is 4. The van der Waals surface area contributed by atoms with E-state index < -0.39 is 0 Å². The highest BCUT2D eigenvalue weighted by Gasteiger charge is 2.06. The molecule has 5 nitrogen and oxygen atoms in total. The van der Waals surface area contributed by atoms with Crippen molar-refractivity contribution >= 4 is 5.82 Å². The third kappa shape index (κ3) is 2.95. The molecule has 3 rings (SSSR count). The van der Waals surface area contributed by atoms with Gasteiger partial charge in [-0.15, -0.1) is 5.10 Å². The zero-order valence-corrected chi connectivity index (χ0v) is 12.4. The zero-order chi connectivity index (χ0) is 15.5. The normalized spacial score (nSPS) is 10.7. The standard InChI is InChI=1S/C16H16FN5/c1-11-7-16(21-20-12(11)2)19-9-13-3-4-15(14(17)8-13)22-6-5-18-10-22/h3-8,10H,9H2,1-2H3,(H,19,21). The van der Waals surface area contributed by atoms with Crippen LogP contribution >= 0.6 is 0 Å². The maximum atomic E-state index is 14.2. The topological polar surface area (TPSA) is 55.6 Å². The van der Waals surface area contributed by atoms with Crippen molar-refractivity contribution in [2.24, 2.45) is 0 Å². The van der Waals surface area contributed by atoms with Gasteiger partial charge in [0, 0.05) is 18.9 Å². The van der Waals surface area contributed by atoms with Crippen molar-refractivity contribution in [1.82, 2.24) is 19.7 Å². The predicted molar refractivity (Wildman–Crippen MR) is 82.4 cm³/mol. The number of aryl methyl sites for hydroxylation is 2. The number of hydrogen-bond donors (Lipinski definition) is 1. The van der Waals surface area contributed by atoms with Gasteiger partial charge in [-0.2, -0.15) is 5.10 Å². The summed E-state index contributed by atoms with van der Waals surface area (Å²) in [6.45, 7) is 4.38. The molecule has 0 amide bonds. The Balaban J connectivity index is 1.73. The number of hydrogen-bond acceptors (Lipinski definition) is 4. The Morgan fingerprint density at radius 1 is 1.18 bits per heavy atom. The maximum Gasteiger partial charge on any atom is 0.149 e. The van der Waals surface area contributed by atoms with Crippen LogP contribution in [0, 0.1) is 19.7 Å². The molecule has 0 aliphatic rings. The summed E-state index contributed by atoms with van der Waals surface area (Å²) in [6, 6.07) is 7.05. The van der Waals surface area contributed by atoms with Crippen molar-refractivity contribution in [3.05, 3.63) is 65.6 Å².